The van der Waals surface area contributed by atoms with Crippen LogP contribution in [0.25, 0.3) is 119 Å². The van der Waals surface area contributed by atoms with Crippen LogP contribution >= 0.6 is 11.3 Å². The van der Waals surface area contributed by atoms with Crippen molar-refractivity contribution < 1.29 is 0 Å². The van der Waals surface area contributed by atoms with Crippen molar-refractivity contribution in [3.63, 3.8) is 0 Å². The molecule has 0 aliphatic heterocycles. The topological polar surface area (TPSA) is 35.1 Å². The van der Waals surface area contributed by atoms with Crippen LogP contribution < -0.4 is 0 Å². The van der Waals surface area contributed by atoms with Crippen LogP contribution in [-0.4, -0.2) is 18.9 Å². The van der Waals surface area contributed by atoms with Gasteiger partial charge in [-0.3, -0.25) is 0 Å². The SMILES string of the molecule is c1ccc(-c2nc(-c3ccc(-n4c5ccccc5c5c6c7ccccc7n7c8ccc9ccccc9c8c(cc54)c67)cc3)c3sc4ccccc4c3n2)cc1. The average molecular weight is 717 g/mol. The fourth-order valence-corrected chi connectivity index (χ4v) is 10.5. The van der Waals surface area contributed by atoms with Gasteiger partial charge in [-0.2, -0.15) is 0 Å². The van der Waals surface area contributed by atoms with Crippen molar-refractivity contribution in [2.75, 3.05) is 0 Å². The van der Waals surface area contributed by atoms with Crippen molar-refractivity contribution in [1.82, 2.24) is 18.9 Å². The van der Waals surface area contributed by atoms with Gasteiger partial charge >= 0.3 is 0 Å². The predicted octanol–water partition coefficient (Wildman–Crippen LogP) is 13.6. The molecule has 55 heavy (non-hydrogen) atoms. The third-order valence-electron chi connectivity index (χ3n) is 11.6. The number of benzene rings is 8. The number of fused-ring (bicyclic) bond motifs is 15. The number of hydrogen-bond donors (Lipinski definition) is 0. The Morgan fingerprint density at radius 2 is 1.13 bits per heavy atom. The highest BCUT2D eigenvalue weighted by molar-refractivity contribution is 7.26. The number of rotatable bonds is 3. The summed E-state index contributed by atoms with van der Waals surface area (Å²) < 4.78 is 7.29. The minimum atomic E-state index is 0.743. The van der Waals surface area contributed by atoms with Gasteiger partial charge in [0, 0.05) is 59.2 Å². The lowest BCUT2D eigenvalue weighted by Crippen LogP contribution is -1.96. The molecular weight excluding hydrogens is 689 g/mol. The van der Waals surface area contributed by atoms with Gasteiger partial charge in [0.2, 0.25) is 0 Å². The van der Waals surface area contributed by atoms with Crippen LogP contribution in [0.15, 0.2) is 170 Å². The molecule has 0 aliphatic rings. The number of para-hydroxylation sites is 2. The highest BCUT2D eigenvalue weighted by Crippen LogP contribution is 2.48. The molecule has 4 nitrogen and oxygen atoms in total. The predicted molar refractivity (Wildman–Crippen MR) is 232 cm³/mol. The molecule has 0 aliphatic carbocycles. The quantitative estimate of drug-likeness (QED) is 0.182. The Morgan fingerprint density at radius 1 is 0.436 bits per heavy atom. The van der Waals surface area contributed by atoms with Crippen LogP contribution in [0.1, 0.15) is 0 Å². The fourth-order valence-electron chi connectivity index (χ4n) is 9.33. The Hall–Kier alpha value is -7.08. The molecule has 0 fully saturated rings. The fraction of sp³-hybridized carbons (Fsp3) is 0. The first kappa shape index (κ1) is 29.4. The van der Waals surface area contributed by atoms with Gasteiger partial charge in [0.1, 0.15) is 0 Å². The molecule has 0 saturated heterocycles. The number of nitrogens with zero attached hydrogens (tertiary/aromatic N) is 4. The molecule has 5 aromatic heterocycles. The van der Waals surface area contributed by atoms with E-state index in [-0.39, 0.29) is 0 Å². The average Bonchev–Trinajstić information content (AvgIpc) is 3.99. The minimum Gasteiger partial charge on any atom is -0.309 e. The van der Waals surface area contributed by atoms with E-state index in [4.69, 9.17) is 9.97 Å². The largest absolute Gasteiger partial charge is 0.309 e. The van der Waals surface area contributed by atoms with Gasteiger partial charge < -0.3 is 8.97 Å². The first-order chi connectivity index (χ1) is 27.3. The van der Waals surface area contributed by atoms with Crippen LogP contribution in [0, 0.1) is 0 Å². The zero-order chi connectivity index (χ0) is 35.8. The summed E-state index contributed by atoms with van der Waals surface area (Å²) in [5.41, 5.74) is 11.4. The first-order valence-corrected chi connectivity index (χ1v) is 19.5. The van der Waals surface area contributed by atoms with E-state index in [9.17, 15) is 0 Å². The van der Waals surface area contributed by atoms with Crippen molar-refractivity contribution in [3.8, 4) is 28.3 Å². The minimum absolute atomic E-state index is 0.743. The lowest BCUT2D eigenvalue weighted by Gasteiger charge is -2.11. The Labute approximate surface area is 318 Å². The molecule has 0 unspecified atom stereocenters. The van der Waals surface area contributed by atoms with Crippen LogP contribution in [0.2, 0.25) is 0 Å². The molecule has 0 amide bonds. The summed E-state index contributed by atoms with van der Waals surface area (Å²) in [6.07, 6.45) is 0. The van der Waals surface area contributed by atoms with Crippen LogP contribution in [0.5, 0.6) is 0 Å². The molecule has 254 valence electrons. The normalized spacial score (nSPS) is 12.4. The lowest BCUT2D eigenvalue weighted by molar-refractivity contribution is 1.18. The molecule has 5 heteroatoms. The third kappa shape index (κ3) is 3.89. The van der Waals surface area contributed by atoms with Crippen molar-refractivity contribution in [3.05, 3.63) is 170 Å². The highest BCUT2D eigenvalue weighted by atomic mass is 32.1. The summed E-state index contributed by atoms with van der Waals surface area (Å²) in [7, 11) is 0. The van der Waals surface area contributed by atoms with Crippen molar-refractivity contribution in [1.29, 1.82) is 0 Å². The van der Waals surface area contributed by atoms with E-state index in [0.717, 1.165) is 38.5 Å². The smallest absolute Gasteiger partial charge is 0.160 e. The van der Waals surface area contributed by atoms with E-state index in [1.54, 1.807) is 11.3 Å². The molecule has 8 aromatic carbocycles. The zero-order valence-electron chi connectivity index (χ0n) is 29.4. The summed E-state index contributed by atoms with van der Waals surface area (Å²) in [6.45, 7) is 0. The molecule has 0 radical (unpaired) electrons. The molecule has 0 bridgehead atoms. The van der Waals surface area contributed by atoms with Gasteiger partial charge in [-0.05, 0) is 53.2 Å². The second-order valence-electron chi connectivity index (χ2n) is 14.5. The van der Waals surface area contributed by atoms with Crippen molar-refractivity contribution >= 4 is 102 Å². The Bertz CT molecular complexity index is 3700. The van der Waals surface area contributed by atoms with Crippen LogP contribution in [0.4, 0.5) is 0 Å². The monoisotopic (exact) mass is 716 g/mol. The second-order valence-corrected chi connectivity index (χ2v) is 15.6. The molecule has 0 N–H and O–H groups in total. The summed E-state index contributed by atoms with van der Waals surface area (Å²) >= 11 is 1.77. The van der Waals surface area contributed by atoms with Gasteiger partial charge in [-0.15, -0.1) is 11.3 Å². The molecule has 0 saturated carbocycles. The number of hydrogen-bond acceptors (Lipinski definition) is 3. The Morgan fingerprint density at radius 3 is 1.96 bits per heavy atom. The Balaban J connectivity index is 1.10. The molecule has 0 atom stereocenters. The van der Waals surface area contributed by atoms with E-state index >= 15 is 0 Å². The Kier molecular flexibility index (Phi) is 5.74. The zero-order valence-corrected chi connectivity index (χ0v) is 30.2. The lowest BCUT2D eigenvalue weighted by atomic mass is 9.99. The summed E-state index contributed by atoms with van der Waals surface area (Å²) in [6, 6.07) is 61.5. The van der Waals surface area contributed by atoms with Gasteiger partial charge in [0.15, 0.2) is 5.82 Å². The van der Waals surface area contributed by atoms with E-state index < -0.39 is 0 Å². The highest BCUT2D eigenvalue weighted by Gasteiger charge is 2.25. The first-order valence-electron chi connectivity index (χ1n) is 18.7. The standard InChI is InChI=1S/C50H28N4S/c1-2-13-31(14-3-1)50-51-46(49-47(52-50)36-18-8-11-21-42(36)55-49)30-22-25-32(26-23-30)53-38-19-9-6-16-34(38)44-41(53)28-37-43-33-15-5-4-12-29(33)24-27-40(43)54-39-20-10-7-17-35(39)45(44)48(37)54/h1-28H. The number of thiophene rings is 1. The van der Waals surface area contributed by atoms with Gasteiger partial charge in [0.05, 0.1) is 43.5 Å². The summed E-state index contributed by atoms with van der Waals surface area (Å²) in [4.78, 5) is 10.4. The van der Waals surface area contributed by atoms with Crippen molar-refractivity contribution in [2.45, 2.75) is 0 Å². The third-order valence-corrected chi connectivity index (χ3v) is 12.8. The van der Waals surface area contributed by atoms with Gasteiger partial charge in [-0.1, -0.05) is 127 Å². The number of aromatic nitrogens is 4. The maximum absolute atomic E-state index is 5.25. The summed E-state index contributed by atoms with van der Waals surface area (Å²) in [5, 5.41) is 11.5. The van der Waals surface area contributed by atoms with Crippen molar-refractivity contribution in [2.24, 2.45) is 0 Å². The van der Waals surface area contributed by atoms with E-state index in [1.165, 1.54) is 80.8 Å². The molecule has 13 rings (SSSR count). The molecule has 13 aromatic rings. The van der Waals surface area contributed by atoms with E-state index in [0.29, 0.717) is 0 Å². The second kappa shape index (κ2) is 10.8. The van der Waals surface area contributed by atoms with E-state index in [2.05, 4.69) is 161 Å². The van der Waals surface area contributed by atoms with Gasteiger partial charge in [-0.25, -0.2) is 9.97 Å². The molecule has 5 heterocycles. The molecular formula is C50H28N4S. The maximum Gasteiger partial charge on any atom is 0.160 e. The van der Waals surface area contributed by atoms with Crippen LogP contribution in [0.3, 0.4) is 0 Å². The van der Waals surface area contributed by atoms with Gasteiger partial charge in [0.25, 0.3) is 0 Å². The molecule has 0 spiro atoms. The summed E-state index contributed by atoms with van der Waals surface area (Å²) in [5.74, 6) is 0.743. The van der Waals surface area contributed by atoms with Crippen LogP contribution in [-0.2, 0) is 0 Å². The maximum atomic E-state index is 5.25. The van der Waals surface area contributed by atoms with E-state index in [1.807, 2.05) is 18.2 Å².